The molecule has 3 rings (SSSR count). The minimum atomic E-state index is -0.294. The zero-order chi connectivity index (χ0) is 18.0. The minimum Gasteiger partial charge on any atom is -0.352 e. The number of anilines is 1. The van der Waals surface area contributed by atoms with Crippen molar-refractivity contribution in [3.8, 4) is 0 Å². The van der Waals surface area contributed by atoms with Crippen LogP contribution in [0.2, 0.25) is 0 Å². The van der Waals surface area contributed by atoms with Crippen molar-refractivity contribution in [2.24, 2.45) is 5.92 Å². The number of nitrogens with one attached hydrogen (secondary N) is 1. The summed E-state index contributed by atoms with van der Waals surface area (Å²) in [6.45, 7) is 7.03. The molecule has 0 aromatic heterocycles. The summed E-state index contributed by atoms with van der Waals surface area (Å²) in [5.41, 5.74) is 5.42. The van der Waals surface area contributed by atoms with E-state index in [0.29, 0.717) is 13.1 Å². The number of carbonyl (C=O) groups excluding carboxylic acids is 2. The van der Waals surface area contributed by atoms with Crippen molar-refractivity contribution in [2.45, 2.75) is 33.7 Å². The minimum absolute atomic E-state index is 0.0178. The second kappa shape index (κ2) is 7.09. The first-order valence-corrected chi connectivity index (χ1v) is 8.65. The van der Waals surface area contributed by atoms with Gasteiger partial charge in [0.2, 0.25) is 11.8 Å². The van der Waals surface area contributed by atoms with Crippen molar-refractivity contribution in [3.63, 3.8) is 0 Å². The largest absolute Gasteiger partial charge is 0.352 e. The second-order valence-electron chi connectivity index (χ2n) is 6.83. The highest BCUT2D eigenvalue weighted by atomic mass is 16.2. The lowest BCUT2D eigenvalue weighted by molar-refractivity contribution is -0.126. The Hall–Kier alpha value is -2.62. The molecule has 25 heavy (non-hydrogen) atoms. The third-order valence-corrected chi connectivity index (χ3v) is 4.95. The summed E-state index contributed by atoms with van der Waals surface area (Å²) in [6, 6.07) is 14.0. The van der Waals surface area contributed by atoms with Crippen molar-refractivity contribution in [1.29, 1.82) is 0 Å². The van der Waals surface area contributed by atoms with E-state index in [4.69, 9.17) is 0 Å². The highest BCUT2D eigenvalue weighted by Crippen LogP contribution is 2.29. The van der Waals surface area contributed by atoms with E-state index in [-0.39, 0.29) is 24.2 Å². The maximum Gasteiger partial charge on any atom is 0.227 e. The number of rotatable bonds is 4. The van der Waals surface area contributed by atoms with Crippen LogP contribution in [0, 0.1) is 26.7 Å². The predicted octanol–water partition coefficient (Wildman–Crippen LogP) is 3.28. The highest BCUT2D eigenvalue weighted by molar-refractivity contribution is 6.00. The smallest absolute Gasteiger partial charge is 0.227 e. The molecule has 4 heteroatoms. The van der Waals surface area contributed by atoms with E-state index in [2.05, 4.69) is 5.32 Å². The molecule has 0 bridgehead atoms. The Morgan fingerprint density at radius 3 is 2.56 bits per heavy atom. The van der Waals surface area contributed by atoms with Crippen LogP contribution in [-0.2, 0) is 16.1 Å². The quantitative estimate of drug-likeness (QED) is 0.931. The van der Waals surface area contributed by atoms with Gasteiger partial charge in [-0.25, -0.2) is 0 Å². The molecule has 2 aromatic rings. The van der Waals surface area contributed by atoms with Crippen molar-refractivity contribution in [3.05, 3.63) is 64.7 Å². The van der Waals surface area contributed by atoms with Crippen molar-refractivity contribution < 1.29 is 9.59 Å². The molecule has 0 saturated carbocycles. The first-order valence-electron chi connectivity index (χ1n) is 8.65. The van der Waals surface area contributed by atoms with Gasteiger partial charge in [-0.15, -0.1) is 0 Å². The number of hydrogen-bond acceptors (Lipinski definition) is 2. The third-order valence-electron chi connectivity index (χ3n) is 4.95. The van der Waals surface area contributed by atoms with Crippen LogP contribution in [0.25, 0.3) is 0 Å². The molecule has 1 atom stereocenters. The van der Waals surface area contributed by atoms with Crippen LogP contribution in [0.1, 0.15) is 28.7 Å². The third kappa shape index (κ3) is 3.73. The van der Waals surface area contributed by atoms with Crippen molar-refractivity contribution >= 4 is 17.5 Å². The van der Waals surface area contributed by atoms with Crippen molar-refractivity contribution in [1.82, 2.24) is 5.32 Å². The molecule has 1 aliphatic heterocycles. The molecule has 0 aliphatic carbocycles. The standard InChI is InChI=1S/C21H24N2O2/c1-14-7-9-17(10-8-14)12-22-21(25)18-11-20(24)23(13-18)19-6-4-5-15(2)16(19)3/h4-10,18H,11-13H2,1-3H3,(H,22,25)/t18-/m1/s1. The molecule has 1 fully saturated rings. The first kappa shape index (κ1) is 17.2. The van der Waals surface area contributed by atoms with Gasteiger partial charge < -0.3 is 10.2 Å². The van der Waals surface area contributed by atoms with Gasteiger partial charge in [-0.2, -0.15) is 0 Å². The van der Waals surface area contributed by atoms with E-state index in [9.17, 15) is 9.59 Å². The maximum absolute atomic E-state index is 12.5. The molecule has 1 saturated heterocycles. The number of aryl methyl sites for hydroxylation is 2. The Bertz CT molecular complexity index is 796. The van der Waals surface area contributed by atoms with E-state index in [0.717, 1.165) is 22.4 Å². The molecule has 1 N–H and O–H groups in total. The lowest BCUT2D eigenvalue weighted by atomic mass is 10.1. The van der Waals surface area contributed by atoms with Crippen LogP contribution in [0.4, 0.5) is 5.69 Å². The summed E-state index contributed by atoms with van der Waals surface area (Å²) < 4.78 is 0. The number of hydrogen-bond donors (Lipinski definition) is 1. The van der Waals surface area contributed by atoms with Gasteiger partial charge in [0.05, 0.1) is 5.92 Å². The normalized spacial score (nSPS) is 17.0. The van der Waals surface area contributed by atoms with Gasteiger partial charge in [0.15, 0.2) is 0 Å². The Balaban J connectivity index is 1.64. The van der Waals surface area contributed by atoms with Gasteiger partial charge in [0, 0.05) is 25.2 Å². The van der Waals surface area contributed by atoms with E-state index in [1.807, 2.05) is 63.2 Å². The second-order valence-corrected chi connectivity index (χ2v) is 6.83. The summed E-state index contributed by atoms with van der Waals surface area (Å²) in [6.07, 6.45) is 0.271. The summed E-state index contributed by atoms with van der Waals surface area (Å²) in [7, 11) is 0. The number of benzene rings is 2. The SMILES string of the molecule is Cc1ccc(CNC(=O)[C@@H]2CC(=O)N(c3cccc(C)c3C)C2)cc1. The summed E-state index contributed by atoms with van der Waals surface area (Å²) in [5.74, 6) is -0.330. The molecular formula is C21H24N2O2. The molecule has 2 aromatic carbocycles. The Morgan fingerprint density at radius 1 is 1.12 bits per heavy atom. The van der Waals surface area contributed by atoms with Crippen LogP contribution in [0.15, 0.2) is 42.5 Å². The topological polar surface area (TPSA) is 49.4 Å². The Morgan fingerprint density at radius 2 is 1.84 bits per heavy atom. The van der Waals surface area contributed by atoms with E-state index >= 15 is 0 Å². The first-order chi connectivity index (χ1) is 12.0. The number of nitrogens with zero attached hydrogens (tertiary/aromatic N) is 1. The summed E-state index contributed by atoms with van der Waals surface area (Å²) in [5, 5.41) is 2.96. The molecule has 0 radical (unpaired) electrons. The molecule has 130 valence electrons. The van der Waals surface area contributed by atoms with Crippen LogP contribution in [0.5, 0.6) is 0 Å². The molecule has 0 unspecified atom stereocenters. The number of carbonyl (C=O) groups is 2. The van der Waals surface area contributed by atoms with Gasteiger partial charge in [-0.05, 0) is 43.5 Å². The molecule has 0 spiro atoms. The fourth-order valence-corrected chi connectivity index (χ4v) is 3.18. The molecule has 4 nitrogen and oxygen atoms in total. The van der Waals surface area contributed by atoms with Gasteiger partial charge >= 0.3 is 0 Å². The van der Waals surface area contributed by atoms with Gasteiger partial charge in [-0.3, -0.25) is 9.59 Å². The number of amides is 2. The fourth-order valence-electron chi connectivity index (χ4n) is 3.18. The molecule has 1 heterocycles. The summed E-state index contributed by atoms with van der Waals surface area (Å²) in [4.78, 5) is 26.6. The molecular weight excluding hydrogens is 312 g/mol. The van der Waals surface area contributed by atoms with Crippen molar-refractivity contribution in [2.75, 3.05) is 11.4 Å². The van der Waals surface area contributed by atoms with Gasteiger partial charge in [0.1, 0.15) is 0 Å². The zero-order valence-corrected chi connectivity index (χ0v) is 15.0. The molecule has 1 aliphatic rings. The average molecular weight is 336 g/mol. The van der Waals surface area contributed by atoms with Crippen LogP contribution in [0.3, 0.4) is 0 Å². The Labute approximate surface area is 148 Å². The van der Waals surface area contributed by atoms with E-state index < -0.39 is 0 Å². The van der Waals surface area contributed by atoms with E-state index in [1.165, 1.54) is 5.56 Å². The Kier molecular flexibility index (Phi) is 4.88. The lowest BCUT2D eigenvalue weighted by Crippen LogP contribution is -2.32. The van der Waals surface area contributed by atoms with Crippen LogP contribution >= 0.6 is 0 Å². The average Bonchev–Trinajstić information content (AvgIpc) is 2.98. The maximum atomic E-state index is 12.5. The fraction of sp³-hybridized carbons (Fsp3) is 0.333. The van der Waals surface area contributed by atoms with Crippen LogP contribution < -0.4 is 10.2 Å². The van der Waals surface area contributed by atoms with Gasteiger partial charge in [-0.1, -0.05) is 42.0 Å². The summed E-state index contributed by atoms with van der Waals surface area (Å²) >= 11 is 0. The van der Waals surface area contributed by atoms with Gasteiger partial charge in [0.25, 0.3) is 0 Å². The lowest BCUT2D eigenvalue weighted by Gasteiger charge is -2.20. The zero-order valence-electron chi connectivity index (χ0n) is 15.0. The van der Waals surface area contributed by atoms with Crippen LogP contribution in [-0.4, -0.2) is 18.4 Å². The highest BCUT2D eigenvalue weighted by Gasteiger charge is 2.35. The molecule has 2 amide bonds. The monoisotopic (exact) mass is 336 g/mol. The predicted molar refractivity (Wildman–Crippen MR) is 99.4 cm³/mol. The van der Waals surface area contributed by atoms with E-state index in [1.54, 1.807) is 4.90 Å².